The maximum Gasteiger partial charge on any atom is 0.238 e. The van der Waals surface area contributed by atoms with Crippen LogP contribution in [0.3, 0.4) is 0 Å². The minimum absolute atomic E-state index is 0.124. The van der Waals surface area contributed by atoms with Crippen molar-refractivity contribution in [1.82, 2.24) is 16.3 Å². The summed E-state index contributed by atoms with van der Waals surface area (Å²) in [6.45, 7) is 1.75. The Morgan fingerprint density at radius 2 is 2.18 bits per heavy atom. The lowest BCUT2D eigenvalue weighted by Crippen LogP contribution is -2.50. The maximum absolute atomic E-state index is 10.7. The molecule has 0 saturated heterocycles. The van der Waals surface area contributed by atoms with Crippen LogP contribution in [-0.2, 0) is 4.79 Å². The molecule has 5 N–H and O–H groups in total. The highest BCUT2D eigenvalue weighted by molar-refractivity contribution is 5.83. The smallest absolute Gasteiger partial charge is 0.238 e. The Hall–Kier alpha value is -1.30. The summed E-state index contributed by atoms with van der Waals surface area (Å²) >= 11 is 0. The van der Waals surface area contributed by atoms with Gasteiger partial charge in [-0.15, -0.1) is 0 Å². The van der Waals surface area contributed by atoms with Crippen LogP contribution in [0.15, 0.2) is 4.99 Å². The number of aliphatic imine (C=N–C) groups is 1. The first kappa shape index (κ1) is 9.70. The highest BCUT2D eigenvalue weighted by atomic mass is 16.2. The SMILES string of the molecule is CCC(=O)NNC(=NC)NN. The number of carbonyl (C=O) groups is 1. The van der Waals surface area contributed by atoms with E-state index in [1.807, 2.05) is 0 Å². The van der Waals surface area contributed by atoms with Gasteiger partial charge in [0.05, 0.1) is 0 Å². The molecule has 0 unspecified atom stereocenters. The molecule has 6 nitrogen and oxygen atoms in total. The molecule has 0 aromatic carbocycles. The van der Waals surface area contributed by atoms with Gasteiger partial charge in [-0.3, -0.25) is 26.1 Å². The van der Waals surface area contributed by atoms with Gasteiger partial charge < -0.3 is 0 Å². The fourth-order valence-corrected chi connectivity index (χ4v) is 0.374. The van der Waals surface area contributed by atoms with E-state index in [-0.39, 0.29) is 5.91 Å². The van der Waals surface area contributed by atoms with E-state index in [2.05, 4.69) is 21.3 Å². The Morgan fingerprint density at radius 3 is 2.55 bits per heavy atom. The highest BCUT2D eigenvalue weighted by Crippen LogP contribution is 1.70. The molecule has 0 saturated carbocycles. The van der Waals surface area contributed by atoms with Gasteiger partial charge in [0.1, 0.15) is 0 Å². The topological polar surface area (TPSA) is 91.5 Å². The second-order valence-electron chi connectivity index (χ2n) is 1.74. The lowest BCUT2D eigenvalue weighted by molar-refractivity contribution is -0.121. The van der Waals surface area contributed by atoms with Crippen LogP contribution in [0.2, 0.25) is 0 Å². The van der Waals surface area contributed by atoms with Crippen molar-refractivity contribution in [2.45, 2.75) is 13.3 Å². The molecule has 0 rings (SSSR count). The van der Waals surface area contributed by atoms with Crippen LogP contribution in [0.25, 0.3) is 0 Å². The summed E-state index contributed by atoms with van der Waals surface area (Å²) in [5, 5.41) is 0. The summed E-state index contributed by atoms with van der Waals surface area (Å²) in [6.07, 6.45) is 0.411. The fourth-order valence-electron chi connectivity index (χ4n) is 0.374. The first-order valence-corrected chi connectivity index (χ1v) is 3.22. The van der Waals surface area contributed by atoms with E-state index in [0.29, 0.717) is 12.4 Å². The molecule has 0 radical (unpaired) electrons. The Bertz CT molecular complexity index is 155. The van der Waals surface area contributed by atoms with Crippen LogP contribution in [0.5, 0.6) is 0 Å². The fraction of sp³-hybridized carbons (Fsp3) is 0.600. The number of carbonyl (C=O) groups excluding carboxylic acids is 1. The van der Waals surface area contributed by atoms with Crippen molar-refractivity contribution in [1.29, 1.82) is 0 Å². The van der Waals surface area contributed by atoms with Gasteiger partial charge in [0.25, 0.3) is 0 Å². The number of rotatable bonds is 1. The van der Waals surface area contributed by atoms with Crippen LogP contribution in [0, 0.1) is 0 Å². The van der Waals surface area contributed by atoms with E-state index in [9.17, 15) is 4.79 Å². The Kier molecular flexibility index (Phi) is 4.83. The first-order chi connectivity index (χ1) is 5.24. The standard InChI is InChI=1S/C5H13N5O/c1-3-4(11)9-10-5(7-2)8-6/h3,6H2,1-2H3,(H,9,11)(H2,7,8,10). The number of hydrogen-bond acceptors (Lipinski definition) is 3. The van der Waals surface area contributed by atoms with Gasteiger partial charge >= 0.3 is 0 Å². The maximum atomic E-state index is 10.7. The number of nitrogens with two attached hydrogens (primary N) is 1. The molecular formula is C5H13N5O. The summed E-state index contributed by atoms with van der Waals surface area (Å²) < 4.78 is 0. The normalized spacial score (nSPS) is 10.6. The number of amides is 1. The summed E-state index contributed by atoms with van der Waals surface area (Å²) in [6, 6.07) is 0. The quantitative estimate of drug-likeness (QED) is 0.162. The highest BCUT2D eigenvalue weighted by Gasteiger charge is 1.95. The number of nitrogens with zero attached hydrogens (tertiary/aromatic N) is 1. The number of nitrogens with one attached hydrogen (secondary N) is 3. The predicted molar refractivity (Wildman–Crippen MR) is 42.3 cm³/mol. The molecular weight excluding hydrogens is 146 g/mol. The molecule has 0 heterocycles. The third-order valence-corrected chi connectivity index (χ3v) is 1.00. The average Bonchev–Trinajstić information content (AvgIpc) is 2.06. The van der Waals surface area contributed by atoms with E-state index in [1.165, 1.54) is 0 Å². The molecule has 0 aliphatic carbocycles. The number of guanidine groups is 1. The van der Waals surface area contributed by atoms with Gasteiger partial charge in [-0.1, -0.05) is 6.92 Å². The van der Waals surface area contributed by atoms with Crippen molar-refractivity contribution in [3.05, 3.63) is 0 Å². The zero-order valence-electron chi connectivity index (χ0n) is 6.64. The minimum Gasteiger partial charge on any atom is -0.293 e. The molecule has 6 heteroatoms. The Morgan fingerprint density at radius 1 is 1.55 bits per heavy atom. The van der Waals surface area contributed by atoms with Gasteiger partial charge in [0, 0.05) is 13.5 Å². The van der Waals surface area contributed by atoms with E-state index in [0.717, 1.165) is 0 Å². The molecule has 0 atom stereocenters. The summed E-state index contributed by atoms with van der Waals surface area (Å²) in [5.74, 6) is 5.20. The van der Waals surface area contributed by atoms with Crippen molar-refractivity contribution >= 4 is 11.9 Å². The van der Waals surface area contributed by atoms with Crippen LogP contribution in [0.4, 0.5) is 0 Å². The van der Waals surface area contributed by atoms with E-state index in [1.54, 1.807) is 14.0 Å². The van der Waals surface area contributed by atoms with E-state index >= 15 is 0 Å². The largest absolute Gasteiger partial charge is 0.293 e. The second-order valence-corrected chi connectivity index (χ2v) is 1.74. The zero-order valence-corrected chi connectivity index (χ0v) is 6.64. The third kappa shape index (κ3) is 4.15. The predicted octanol–water partition coefficient (Wildman–Crippen LogP) is -1.53. The third-order valence-electron chi connectivity index (χ3n) is 1.00. The monoisotopic (exact) mass is 159 g/mol. The first-order valence-electron chi connectivity index (χ1n) is 3.22. The van der Waals surface area contributed by atoms with E-state index < -0.39 is 0 Å². The summed E-state index contributed by atoms with van der Waals surface area (Å²) in [5.41, 5.74) is 7.11. The van der Waals surface area contributed by atoms with Crippen molar-refractivity contribution < 1.29 is 4.79 Å². The van der Waals surface area contributed by atoms with Gasteiger partial charge in [0.2, 0.25) is 11.9 Å². The van der Waals surface area contributed by atoms with Crippen LogP contribution >= 0.6 is 0 Å². The lowest BCUT2D eigenvalue weighted by Gasteiger charge is -2.07. The van der Waals surface area contributed by atoms with Crippen LogP contribution < -0.4 is 22.1 Å². The summed E-state index contributed by atoms with van der Waals surface area (Å²) in [7, 11) is 1.54. The molecule has 0 aromatic rings. The molecule has 0 aromatic heterocycles. The molecule has 0 spiro atoms. The Balaban J connectivity index is 3.60. The molecule has 0 fully saturated rings. The number of hydrazine groups is 2. The van der Waals surface area contributed by atoms with Crippen LogP contribution in [0.1, 0.15) is 13.3 Å². The van der Waals surface area contributed by atoms with Gasteiger partial charge in [-0.25, -0.2) is 5.84 Å². The van der Waals surface area contributed by atoms with E-state index in [4.69, 9.17) is 5.84 Å². The van der Waals surface area contributed by atoms with Crippen molar-refractivity contribution in [3.8, 4) is 0 Å². The average molecular weight is 159 g/mol. The van der Waals surface area contributed by atoms with Crippen molar-refractivity contribution in [2.75, 3.05) is 7.05 Å². The summed E-state index contributed by atoms with van der Waals surface area (Å²) in [4.78, 5) is 14.3. The van der Waals surface area contributed by atoms with Crippen molar-refractivity contribution in [2.24, 2.45) is 10.8 Å². The zero-order chi connectivity index (χ0) is 8.69. The number of hydrogen-bond donors (Lipinski definition) is 4. The molecule has 11 heavy (non-hydrogen) atoms. The van der Waals surface area contributed by atoms with Gasteiger partial charge in [0.15, 0.2) is 0 Å². The molecule has 0 bridgehead atoms. The van der Waals surface area contributed by atoms with Gasteiger partial charge in [-0.2, -0.15) is 0 Å². The molecule has 0 aliphatic heterocycles. The van der Waals surface area contributed by atoms with Crippen LogP contribution in [-0.4, -0.2) is 18.9 Å². The second kappa shape index (κ2) is 5.48. The molecule has 1 amide bonds. The lowest BCUT2D eigenvalue weighted by atomic mass is 10.5. The minimum atomic E-state index is -0.124. The Labute approximate surface area is 65.2 Å². The molecule has 64 valence electrons. The molecule has 0 aliphatic rings. The van der Waals surface area contributed by atoms with Gasteiger partial charge in [-0.05, 0) is 0 Å². The van der Waals surface area contributed by atoms with Crippen molar-refractivity contribution in [3.63, 3.8) is 0 Å².